The van der Waals surface area contributed by atoms with E-state index in [-0.39, 0.29) is 0 Å². The number of halogens is 3. The Kier molecular flexibility index (Phi) is 7.76. The van der Waals surface area contributed by atoms with Gasteiger partial charge in [-0.05, 0) is 55.7 Å². The third-order valence-electron chi connectivity index (χ3n) is 5.24. The van der Waals surface area contributed by atoms with Gasteiger partial charge in [-0.2, -0.15) is 17.5 Å². The number of rotatable bonds is 4. The van der Waals surface area contributed by atoms with Crippen LogP contribution in [0.3, 0.4) is 0 Å². The molecule has 0 radical (unpaired) electrons. The van der Waals surface area contributed by atoms with E-state index in [0.29, 0.717) is 24.4 Å². The maximum Gasteiger partial charge on any atom is 0.490 e. The molecule has 0 fully saturated rings. The summed E-state index contributed by atoms with van der Waals surface area (Å²) in [6, 6.07) is 12.5. The largest absolute Gasteiger partial charge is 0.490 e. The molecule has 0 aliphatic carbocycles. The van der Waals surface area contributed by atoms with Gasteiger partial charge in [-0.1, -0.05) is 24.3 Å². The Bertz CT molecular complexity index is 1320. The van der Waals surface area contributed by atoms with Crippen LogP contribution in [0.5, 0.6) is 0 Å². The van der Waals surface area contributed by atoms with Crippen molar-refractivity contribution in [1.29, 1.82) is 0 Å². The fourth-order valence-corrected chi connectivity index (χ4v) is 4.75. The van der Waals surface area contributed by atoms with Gasteiger partial charge in [0, 0.05) is 25.0 Å². The van der Waals surface area contributed by atoms with Gasteiger partial charge in [0.25, 0.3) is 0 Å². The molecule has 1 aliphatic heterocycles. The van der Waals surface area contributed by atoms with Crippen LogP contribution in [0.4, 0.5) is 13.2 Å². The van der Waals surface area contributed by atoms with Crippen molar-refractivity contribution >= 4 is 21.6 Å². The van der Waals surface area contributed by atoms with E-state index in [1.165, 1.54) is 0 Å². The number of aliphatic carboxylic acids is 1. The van der Waals surface area contributed by atoms with Gasteiger partial charge >= 0.3 is 12.1 Å². The zero-order chi connectivity index (χ0) is 25.8. The van der Waals surface area contributed by atoms with Crippen LogP contribution in [-0.2, 0) is 14.8 Å². The second-order valence-corrected chi connectivity index (χ2v) is 9.64. The molecule has 12 heteroatoms. The Morgan fingerprint density at radius 1 is 1.14 bits per heavy atom. The van der Waals surface area contributed by atoms with Gasteiger partial charge < -0.3 is 10.1 Å². The topological polar surface area (TPSA) is 116 Å². The number of hydrogen-bond acceptors (Lipinski definition) is 5. The SMILES string of the molecule is Cc1nc(-c2cc(C3=CCCN(S(=O)(=O)c4ccccc4)C3)ccn2)[nH]c1C.O=C(O)C(F)(F)F. The van der Waals surface area contributed by atoms with Crippen LogP contribution in [-0.4, -0.2) is 58.0 Å². The Balaban J connectivity index is 0.000000429. The lowest BCUT2D eigenvalue weighted by molar-refractivity contribution is -0.192. The minimum Gasteiger partial charge on any atom is -0.475 e. The van der Waals surface area contributed by atoms with E-state index in [2.05, 4.69) is 21.0 Å². The number of sulfonamides is 1. The zero-order valence-electron chi connectivity index (χ0n) is 18.9. The second kappa shape index (κ2) is 10.4. The van der Waals surface area contributed by atoms with Gasteiger partial charge in [-0.25, -0.2) is 18.2 Å². The maximum atomic E-state index is 13.0. The predicted octanol–water partition coefficient (Wildman–Crippen LogP) is 4.20. The first-order chi connectivity index (χ1) is 16.4. The van der Waals surface area contributed by atoms with Gasteiger partial charge in [0.15, 0.2) is 5.82 Å². The minimum absolute atomic E-state index is 0.327. The number of H-pyrrole nitrogens is 1. The van der Waals surface area contributed by atoms with Gasteiger partial charge in [-0.3, -0.25) is 4.98 Å². The van der Waals surface area contributed by atoms with E-state index < -0.39 is 22.2 Å². The number of carboxylic acids is 1. The standard InChI is InChI=1S/C21H22N4O2S.C2HF3O2/c1-15-16(2)24-21(23-15)20-13-17(10-11-22-20)18-7-6-12-25(14-18)28(26,27)19-8-4-3-5-9-19;3-2(4,5)1(6)7/h3-5,7-11,13H,6,12,14H2,1-2H3,(H,23,24);(H,6,7). The number of aryl methyl sites for hydroxylation is 2. The fraction of sp³-hybridized carbons (Fsp3) is 0.261. The summed E-state index contributed by atoms with van der Waals surface area (Å²) in [6.07, 6.45) is -0.559. The van der Waals surface area contributed by atoms with Crippen molar-refractivity contribution in [3.05, 3.63) is 71.7 Å². The Labute approximate surface area is 200 Å². The zero-order valence-corrected chi connectivity index (χ0v) is 19.7. The van der Waals surface area contributed by atoms with Crippen molar-refractivity contribution in [3.8, 4) is 11.5 Å². The Morgan fingerprint density at radius 3 is 2.37 bits per heavy atom. The molecule has 1 aliphatic rings. The van der Waals surface area contributed by atoms with E-state index in [9.17, 15) is 21.6 Å². The van der Waals surface area contributed by atoms with E-state index in [4.69, 9.17) is 9.90 Å². The molecule has 2 aromatic heterocycles. The highest BCUT2D eigenvalue weighted by Gasteiger charge is 2.38. The molecule has 0 saturated carbocycles. The summed E-state index contributed by atoms with van der Waals surface area (Å²) in [7, 11) is -3.51. The highest BCUT2D eigenvalue weighted by Crippen LogP contribution is 2.27. The van der Waals surface area contributed by atoms with Crippen LogP contribution in [0.15, 0.2) is 59.6 Å². The number of carbonyl (C=O) groups is 1. The van der Waals surface area contributed by atoms with Crippen LogP contribution >= 0.6 is 0 Å². The number of pyridine rings is 1. The van der Waals surface area contributed by atoms with Crippen molar-refractivity contribution in [3.63, 3.8) is 0 Å². The number of carboxylic acid groups (broad SMARTS) is 1. The normalized spacial score (nSPS) is 14.6. The third-order valence-corrected chi connectivity index (χ3v) is 7.10. The predicted molar refractivity (Wildman–Crippen MR) is 123 cm³/mol. The van der Waals surface area contributed by atoms with Gasteiger partial charge in [0.1, 0.15) is 5.69 Å². The lowest BCUT2D eigenvalue weighted by Gasteiger charge is -2.27. The van der Waals surface area contributed by atoms with Crippen molar-refractivity contribution in [2.24, 2.45) is 0 Å². The van der Waals surface area contributed by atoms with Crippen molar-refractivity contribution < 1.29 is 31.5 Å². The molecule has 4 rings (SSSR count). The number of alkyl halides is 3. The van der Waals surface area contributed by atoms with E-state index >= 15 is 0 Å². The molecule has 0 saturated heterocycles. The molecule has 0 unspecified atom stereocenters. The van der Waals surface area contributed by atoms with Crippen LogP contribution in [0.1, 0.15) is 23.4 Å². The first-order valence-corrected chi connectivity index (χ1v) is 11.9. The summed E-state index contributed by atoms with van der Waals surface area (Å²) in [5, 5.41) is 7.12. The highest BCUT2D eigenvalue weighted by molar-refractivity contribution is 7.89. The second-order valence-electron chi connectivity index (χ2n) is 7.70. The van der Waals surface area contributed by atoms with Crippen LogP contribution in [0, 0.1) is 13.8 Å². The van der Waals surface area contributed by atoms with Gasteiger partial charge in [-0.15, -0.1) is 0 Å². The summed E-state index contributed by atoms with van der Waals surface area (Å²) >= 11 is 0. The average Bonchev–Trinajstić information content (AvgIpc) is 3.18. The van der Waals surface area contributed by atoms with E-state index in [0.717, 1.165) is 34.0 Å². The van der Waals surface area contributed by atoms with E-state index in [1.807, 2.05) is 32.0 Å². The number of nitrogens with zero attached hydrogens (tertiary/aromatic N) is 3. The third kappa shape index (κ3) is 6.34. The van der Waals surface area contributed by atoms with E-state index in [1.54, 1.807) is 34.8 Å². The summed E-state index contributed by atoms with van der Waals surface area (Å²) in [4.78, 5) is 21.4. The van der Waals surface area contributed by atoms with Gasteiger partial charge in [0.05, 0.1) is 10.6 Å². The number of benzene rings is 1. The maximum absolute atomic E-state index is 13.0. The number of nitrogens with one attached hydrogen (secondary N) is 1. The Hall–Kier alpha value is -3.51. The molecule has 35 heavy (non-hydrogen) atoms. The average molecular weight is 509 g/mol. The molecule has 186 valence electrons. The van der Waals surface area contributed by atoms with Crippen molar-refractivity contribution in [2.75, 3.05) is 13.1 Å². The first kappa shape index (κ1) is 26.1. The quantitative estimate of drug-likeness (QED) is 0.546. The molecule has 0 spiro atoms. The first-order valence-electron chi connectivity index (χ1n) is 10.4. The Morgan fingerprint density at radius 2 is 1.80 bits per heavy atom. The van der Waals surface area contributed by atoms with Crippen LogP contribution < -0.4 is 0 Å². The summed E-state index contributed by atoms with van der Waals surface area (Å²) < 4.78 is 59.2. The molecule has 3 heterocycles. The summed E-state index contributed by atoms with van der Waals surface area (Å²) in [5.41, 5.74) is 4.65. The fourth-order valence-electron chi connectivity index (χ4n) is 3.30. The number of imidazole rings is 1. The molecule has 1 aromatic carbocycles. The van der Waals surface area contributed by atoms with Crippen LogP contribution in [0.2, 0.25) is 0 Å². The lowest BCUT2D eigenvalue weighted by Crippen LogP contribution is -2.35. The lowest BCUT2D eigenvalue weighted by atomic mass is 10.0. The van der Waals surface area contributed by atoms with Gasteiger partial charge in [0.2, 0.25) is 10.0 Å². The molecular weight excluding hydrogens is 485 g/mol. The van der Waals surface area contributed by atoms with Crippen molar-refractivity contribution in [1.82, 2.24) is 19.3 Å². The molecule has 0 atom stereocenters. The molecule has 0 bridgehead atoms. The number of aromatic amines is 1. The smallest absolute Gasteiger partial charge is 0.475 e. The molecule has 8 nitrogen and oxygen atoms in total. The highest BCUT2D eigenvalue weighted by atomic mass is 32.2. The summed E-state index contributed by atoms with van der Waals surface area (Å²) in [5.74, 6) is -2.03. The van der Waals surface area contributed by atoms with Crippen molar-refractivity contribution in [2.45, 2.75) is 31.3 Å². The monoisotopic (exact) mass is 508 g/mol. The molecule has 2 N–H and O–H groups in total. The molecule has 0 amide bonds. The molecule has 3 aromatic rings. The number of hydrogen-bond donors (Lipinski definition) is 2. The molecular formula is C23H23F3N4O4S. The number of aromatic nitrogens is 3. The minimum atomic E-state index is -5.08. The van der Waals surface area contributed by atoms with Crippen LogP contribution in [0.25, 0.3) is 17.1 Å². The summed E-state index contributed by atoms with van der Waals surface area (Å²) in [6.45, 7) is 4.76.